The van der Waals surface area contributed by atoms with Gasteiger partial charge in [-0.1, -0.05) is 84.9 Å². The fraction of sp³-hybridized carbons (Fsp3) is 0.303. The number of halogens is 23. The van der Waals surface area contributed by atoms with E-state index in [0.717, 1.165) is 24.7 Å². The van der Waals surface area contributed by atoms with Crippen molar-refractivity contribution in [2.75, 3.05) is 0 Å². The molecule has 7 aromatic carbocycles. The fourth-order valence-electron chi connectivity index (χ4n) is 17.0. The minimum absolute atomic E-state index is 0.00820. The first-order chi connectivity index (χ1) is 60.6. The van der Waals surface area contributed by atoms with Crippen LogP contribution in [0, 0.1) is 193 Å². The van der Waals surface area contributed by atoms with Crippen molar-refractivity contribution in [3.05, 3.63) is 216 Å². The molecule has 11 aromatic heterocycles. The van der Waals surface area contributed by atoms with Crippen molar-refractivity contribution >= 4 is 183 Å². The molecule has 0 saturated heterocycles. The maximum Gasteiger partial charge on any atom is 0.296 e. The van der Waals surface area contributed by atoms with E-state index in [9.17, 15) is 96.6 Å². The lowest BCUT2D eigenvalue weighted by molar-refractivity contribution is -0.736. The van der Waals surface area contributed by atoms with Gasteiger partial charge in [0.25, 0.3) is 16.9 Å². The summed E-state index contributed by atoms with van der Waals surface area (Å²) in [5.41, 5.74) is 6.34. The van der Waals surface area contributed by atoms with Gasteiger partial charge in [0.1, 0.15) is 72.3 Å². The summed E-state index contributed by atoms with van der Waals surface area (Å²) >= 11 is 2.08. The summed E-state index contributed by atoms with van der Waals surface area (Å²) in [6.07, 6.45) is 3.15. The minimum Gasteiger partial charge on any atom is -0.237 e. The van der Waals surface area contributed by atoms with Gasteiger partial charge in [-0.15, -0.1) is 22.7 Å². The summed E-state index contributed by atoms with van der Waals surface area (Å²) in [4.78, 5) is 16.5. The molecule has 18 rings (SSSR count). The molecular formula is C89H75F23N12S5+6. The zero-order valence-corrected chi connectivity index (χ0v) is 76.4. The Balaban J connectivity index is 0.000000132. The number of fused-ring (bicyclic) bond motifs is 12. The first-order valence-corrected chi connectivity index (χ1v) is 43.6. The number of hydrogen-bond donors (Lipinski definition) is 0. The first-order valence-electron chi connectivity index (χ1n) is 39.6. The van der Waals surface area contributed by atoms with Crippen molar-refractivity contribution < 1.29 is 129 Å². The summed E-state index contributed by atoms with van der Waals surface area (Å²) in [6, 6.07) is 0. The van der Waals surface area contributed by atoms with Gasteiger partial charge in [0.2, 0.25) is 71.7 Å². The molecule has 18 aromatic rings. The molecule has 0 aliphatic heterocycles. The zero-order valence-electron chi connectivity index (χ0n) is 72.3. The normalized spacial score (nSPS) is 11.8. The number of benzene rings is 7. The van der Waals surface area contributed by atoms with Crippen LogP contribution in [0.2, 0.25) is 0 Å². The van der Waals surface area contributed by atoms with Crippen molar-refractivity contribution in [3.8, 4) is 0 Å². The third-order valence-corrected chi connectivity index (χ3v) is 28.1. The van der Waals surface area contributed by atoms with Crippen LogP contribution in [0.4, 0.5) is 101 Å². The van der Waals surface area contributed by atoms with Crippen LogP contribution in [0.25, 0.3) is 127 Å². The zero-order chi connectivity index (χ0) is 95.3. The quantitative estimate of drug-likeness (QED) is 0.0711. The van der Waals surface area contributed by atoms with Crippen molar-refractivity contribution in [2.45, 2.75) is 142 Å². The van der Waals surface area contributed by atoms with Gasteiger partial charge in [0.15, 0.2) is 117 Å². The van der Waals surface area contributed by atoms with Crippen LogP contribution in [-0.2, 0) is 80.8 Å². The monoisotopic (exact) mass is 1910 g/mol. The smallest absolute Gasteiger partial charge is 0.237 e. The average molecular weight is 1910 g/mol. The molecule has 0 fully saturated rings. The number of aromatic nitrogens is 12. The van der Waals surface area contributed by atoms with E-state index in [2.05, 4.69) is 30.1 Å². The van der Waals surface area contributed by atoms with Gasteiger partial charge in [0.05, 0.1) is 79.0 Å². The highest BCUT2D eigenvalue weighted by molar-refractivity contribution is 7.19. The largest absolute Gasteiger partial charge is 0.296 e. The highest BCUT2D eigenvalue weighted by Gasteiger charge is 2.38. The van der Waals surface area contributed by atoms with Gasteiger partial charge in [-0.25, -0.2) is 89.8 Å². The van der Waals surface area contributed by atoms with Crippen molar-refractivity contribution in [2.24, 2.45) is 42.3 Å². The van der Waals surface area contributed by atoms with Crippen molar-refractivity contribution in [3.63, 3.8) is 0 Å². The third-order valence-electron chi connectivity index (χ3n) is 23.1. The molecule has 0 spiro atoms. The summed E-state index contributed by atoms with van der Waals surface area (Å²) in [7, 11) is 9.96. The highest BCUT2D eigenvalue weighted by atomic mass is 32.1. The van der Waals surface area contributed by atoms with E-state index in [-0.39, 0.29) is 135 Å². The van der Waals surface area contributed by atoms with Crippen LogP contribution < -0.4 is 27.6 Å². The molecule has 129 heavy (non-hydrogen) atoms. The van der Waals surface area contributed by atoms with Crippen LogP contribution in [0.15, 0.2) is 0 Å². The number of hydrogen-bond acceptors (Lipinski definition) is 11. The lowest BCUT2D eigenvalue weighted by atomic mass is 10.0. The van der Waals surface area contributed by atoms with Gasteiger partial charge in [-0.2, -0.15) is 44.4 Å². The van der Waals surface area contributed by atoms with E-state index in [1.54, 1.807) is 92.7 Å². The third kappa shape index (κ3) is 15.0. The summed E-state index contributed by atoms with van der Waals surface area (Å²) in [5.74, 6) is -19.5. The second kappa shape index (κ2) is 35.7. The second-order valence-electron chi connectivity index (χ2n) is 30.2. The second-order valence-corrected chi connectivity index (χ2v) is 35.1. The Kier molecular flexibility index (Phi) is 26.5. The predicted octanol–water partition coefficient (Wildman–Crippen LogP) is 22.9. The average Bonchev–Trinajstić information content (AvgIpc) is 1.69. The van der Waals surface area contributed by atoms with E-state index in [1.165, 1.54) is 41.7 Å². The van der Waals surface area contributed by atoms with Crippen LogP contribution in [0.5, 0.6) is 0 Å². The summed E-state index contributed by atoms with van der Waals surface area (Å²) < 4.78 is 334. The molecule has 0 amide bonds. The Morgan fingerprint density at radius 3 is 0.961 bits per heavy atom. The highest BCUT2D eigenvalue weighted by Crippen LogP contribution is 2.46. The van der Waals surface area contributed by atoms with Crippen molar-refractivity contribution in [1.29, 1.82) is 0 Å². The van der Waals surface area contributed by atoms with E-state index >= 15 is 4.39 Å². The standard InChI is InChI=1S/C17H14F5N2.2C15H14F3N2S.3C14H11F4N2S/c1-5-8-7(3)23-16-13(20)10-9(14(21)17(16)24(8)4)6(2)11(18)15(22)12(10)19;1-5-8-7(3)19-12-10(16)9-11(17)15(18)21-14(9)6(2)13(12)20(8)4;1-5-8-7(3)19-12-11(17)14-9(6(2)15(18)21-14)10(16)13(12)20(8)4;1-4-6-7-10(16)13-8(11(17)14(18)21-13)9(15)12(7)19-5(2)20(6)3;1-4-6-8-7(5(2)19-20(6)3)11(16)13-9(10(8)15)12(17)14(18)21-13;1-4-6-8-7(5(2)19-20(6)3)10(15)9-12(17)14(18)21-13(9)11(8)16/h5H2,1-4H3;2*5H2,1-4H3;3*4H2,1-3H3/q6*+1. The maximum absolute atomic E-state index is 15.0. The lowest BCUT2D eigenvalue weighted by Gasteiger charge is -2.12. The molecule has 0 unspecified atom stereocenters. The Morgan fingerprint density at radius 1 is 0.209 bits per heavy atom. The molecule has 0 atom stereocenters. The van der Waals surface area contributed by atoms with Gasteiger partial charge in [-0.3, -0.25) is 0 Å². The van der Waals surface area contributed by atoms with Crippen LogP contribution >= 0.6 is 56.7 Å². The van der Waals surface area contributed by atoms with E-state index in [4.69, 9.17) is 0 Å². The molecule has 40 heteroatoms. The van der Waals surface area contributed by atoms with Gasteiger partial charge < -0.3 is 0 Å². The fourth-order valence-corrected chi connectivity index (χ4v) is 21.4. The Bertz CT molecular complexity index is 7860. The molecule has 676 valence electrons. The molecule has 0 bridgehead atoms. The summed E-state index contributed by atoms with van der Waals surface area (Å²) in [6.45, 7) is 25.2. The molecule has 0 aliphatic carbocycles. The number of rotatable bonds is 6. The predicted molar refractivity (Wildman–Crippen MR) is 450 cm³/mol. The topological polar surface area (TPSA) is 101 Å². The van der Waals surface area contributed by atoms with Gasteiger partial charge in [0, 0.05) is 67.3 Å². The first kappa shape index (κ1) is 95.6. The minimum atomic E-state index is -1.83. The Labute approximate surface area is 738 Å². The molecule has 11 heterocycles. The maximum atomic E-state index is 15.0. The number of nitrogens with zero attached hydrogens (tertiary/aromatic N) is 12. The van der Waals surface area contributed by atoms with E-state index < -0.39 is 168 Å². The molecule has 12 nitrogen and oxygen atoms in total. The molecular weight excluding hydrogens is 1830 g/mol. The van der Waals surface area contributed by atoms with Gasteiger partial charge >= 0.3 is 0 Å². The van der Waals surface area contributed by atoms with E-state index in [1.807, 2.05) is 32.4 Å². The summed E-state index contributed by atoms with van der Waals surface area (Å²) in [5, 5.41) is -0.802. The molecule has 0 saturated carbocycles. The number of aryl methyl sites for hydroxylation is 17. The van der Waals surface area contributed by atoms with E-state index in [0.29, 0.717) is 116 Å². The van der Waals surface area contributed by atoms with Crippen molar-refractivity contribution in [1.82, 2.24) is 30.1 Å². The van der Waals surface area contributed by atoms with Crippen LogP contribution in [0.3, 0.4) is 0 Å². The Hall–Kier alpha value is -11.0. The lowest BCUT2D eigenvalue weighted by Crippen LogP contribution is -2.39. The molecule has 0 N–H and O–H groups in total. The number of thiophene rings is 5. The molecule has 0 radical (unpaired) electrons. The van der Waals surface area contributed by atoms with Crippen LogP contribution in [-0.4, -0.2) is 30.1 Å². The van der Waals surface area contributed by atoms with Crippen LogP contribution in [0.1, 0.15) is 127 Å². The van der Waals surface area contributed by atoms with Gasteiger partial charge in [-0.05, 0) is 76.1 Å². The molecule has 0 aliphatic rings. The Morgan fingerprint density at radius 2 is 0.527 bits per heavy atom. The SMILES string of the molecule is CCc1c(C)nc2c(F)c3c(F)c(F)c(F)c(C)c3c(F)c2[n+]1C.CCc1c(C)nc2c(F)c3c(F)c(F)sc3c(C)c2[n+]1C.CCc1c(C)nc2c(F)c3sc(F)c(C)c3c(F)c2[n+]1C.CCc1c2c(F)c3c(F)c(F)sc3c(F)c2c(C)n[n+]1C.CCc1c2c(F)c3sc(F)c(F)c3c(F)c2c(C)n[n+]1C.CCc1c2c(F)c3sc(F)c(F)c3c(F)c2nc(C)[n+]1C.